The van der Waals surface area contributed by atoms with Gasteiger partial charge in [0.1, 0.15) is 6.54 Å². The molecule has 0 aliphatic rings. The zero-order chi connectivity index (χ0) is 18.8. The van der Waals surface area contributed by atoms with Gasteiger partial charge in [0.2, 0.25) is 5.91 Å². The average Bonchev–Trinajstić information content (AvgIpc) is 3.26. The topological polar surface area (TPSA) is 43.1 Å². The van der Waals surface area contributed by atoms with Crippen molar-refractivity contribution in [2.75, 3.05) is 7.05 Å². The molecule has 0 spiro atoms. The van der Waals surface area contributed by atoms with Crippen molar-refractivity contribution in [3.8, 4) is 11.3 Å². The fourth-order valence-electron chi connectivity index (χ4n) is 3.40. The molecule has 0 saturated heterocycles. The van der Waals surface area contributed by atoms with E-state index in [0.29, 0.717) is 13.1 Å². The second kappa shape index (κ2) is 7.11. The lowest BCUT2D eigenvalue weighted by molar-refractivity contribution is -0.130. The molecule has 2 heterocycles. The van der Waals surface area contributed by atoms with E-state index < -0.39 is 0 Å². The number of nitrogens with zero attached hydrogens (tertiary/aromatic N) is 4. The number of benzene rings is 2. The smallest absolute Gasteiger partial charge is 0.242 e. The number of carbonyl (C=O) groups excluding carboxylic acids is 1. The van der Waals surface area contributed by atoms with Gasteiger partial charge in [0.05, 0.1) is 6.20 Å². The molecule has 4 aromatic rings. The number of hydrogen-bond acceptors (Lipinski definition) is 2. The summed E-state index contributed by atoms with van der Waals surface area (Å²) in [6.07, 6.45) is 3.73. The minimum atomic E-state index is 0.0670. The van der Waals surface area contributed by atoms with Crippen molar-refractivity contribution in [2.45, 2.75) is 13.1 Å². The van der Waals surface area contributed by atoms with Gasteiger partial charge in [0.15, 0.2) is 0 Å². The highest BCUT2D eigenvalue weighted by atomic mass is 16.2. The summed E-state index contributed by atoms with van der Waals surface area (Å²) in [6.45, 7) is 0.848. The van der Waals surface area contributed by atoms with Crippen molar-refractivity contribution >= 4 is 16.8 Å². The molecule has 136 valence electrons. The highest BCUT2D eigenvalue weighted by molar-refractivity contribution is 5.89. The molecule has 0 N–H and O–H groups in total. The van der Waals surface area contributed by atoms with Crippen LogP contribution in [-0.2, 0) is 24.9 Å². The summed E-state index contributed by atoms with van der Waals surface area (Å²) in [5.74, 6) is 0.0670. The highest BCUT2D eigenvalue weighted by Gasteiger charge is 2.16. The minimum Gasteiger partial charge on any atom is -0.340 e. The van der Waals surface area contributed by atoms with Crippen LogP contribution in [0.25, 0.3) is 22.2 Å². The molecule has 0 atom stereocenters. The third kappa shape index (κ3) is 3.49. The van der Waals surface area contributed by atoms with E-state index in [0.717, 1.165) is 27.7 Å². The lowest BCUT2D eigenvalue weighted by Crippen LogP contribution is -2.29. The summed E-state index contributed by atoms with van der Waals surface area (Å²) < 4.78 is 3.85. The van der Waals surface area contributed by atoms with Crippen molar-refractivity contribution in [1.82, 2.24) is 19.2 Å². The van der Waals surface area contributed by atoms with Gasteiger partial charge in [0, 0.05) is 49.0 Å². The number of amides is 1. The van der Waals surface area contributed by atoms with E-state index in [1.807, 2.05) is 50.6 Å². The van der Waals surface area contributed by atoms with E-state index in [1.54, 1.807) is 15.8 Å². The Morgan fingerprint density at radius 1 is 1.07 bits per heavy atom. The second-order valence-corrected chi connectivity index (χ2v) is 6.81. The Balaban J connectivity index is 1.65. The lowest BCUT2D eigenvalue weighted by atomic mass is 10.1. The number of hydrogen-bond donors (Lipinski definition) is 0. The number of carbonyl (C=O) groups is 1. The van der Waals surface area contributed by atoms with Crippen LogP contribution in [0.3, 0.4) is 0 Å². The fourth-order valence-corrected chi connectivity index (χ4v) is 3.40. The highest BCUT2D eigenvalue weighted by Crippen LogP contribution is 2.28. The first-order valence-electron chi connectivity index (χ1n) is 8.97. The van der Waals surface area contributed by atoms with Crippen molar-refractivity contribution in [1.29, 1.82) is 0 Å². The monoisotopic (exact) mass is 358 g/mol. The van der Waals surface area contributed by atoms with Crippen molar-refractivity contribution in [3.05, 3.63) is 78.6 Å². The van der Waals surface area contributed by atoms with Crippen molar-refractivity contribution in [3.63, 3.8) is 0 Å². The van der Waals surface area contributed by atoms with Crippen LogP contribution in [0.5, 0.6) is 0 Å². The predicted molar refractivity (Wildman–Crippen MR) is 107 cm³/mol. The molecular weight excluding hydrogens is 336 g/mol. The Morgan fingerprint density at radius 3 is 2.56 bits per heavy atom. The Morgan fingerprint density at radius 2 is 1.81 bits per heavy atom. The Labute approximate surface area is 158 Å². The van der Waals surface area contributed by atoms with Gasteiger partial charge in [0.25, 0.3) is 0 Å². The zero-order valence-corrected chi connectivity index (χ0v) is 15.5. The van der Waals surface area contributed by atoms with Crippen molar-refractivity contribution in [2.24, 2.45) is 7.05 Å². The maximum atomic E-state index is 12.9. The number of rotatable bonds is 5. The van der Waals surface area contributed by atoms with Crippen LogP contribution in [0.15, 0.2) is 73.1 Å². The minimum absolute atomic E-state index is 0.0670. The molecule has 2 aromatic carbocycles. The largest absolute Gasteiger partial charge is 0.340 e. The SMILES string of the molecule is CN(Cc1cnn(C)c1)C(=O)Cn1c(-c2ccccc2)cc2ccccc21. The molecule has 2 aromatic heterocycles. The van der Waals surface area contributed by atoms with E-state index in [2.05, 4.69) is 40.0 Å². The maximum absolute atomic E-state index is 12.9. The summed E-state index contributed by atoms with van der Waals surface area (Å²) in [7, 11) is 3.71. The molecule has 0 aliphatic heterocycles. The third-order valence-corrected chi connectivity index (χ3v) is 4.78. The third-order valence-electron chi connectivity index (χ3n) is 4.78. The van der Waals surface area contributed by atoms with E-state index in [9.17, 15) is 4.79 Å². The van der Waals surface area contributed by atoms with Gasteiger partial charge in [-0.3, -0.25) is 9.48 Å². The predicted octanol–water partition coefficient (Wildman–Crippen LogP) is 3.70. The van der Waals surface area contributed by atoms with Gasteiger partial charge in [-0.2, -0.15) is 5.10 Å². The summed E-state index contributed by atoms with van der Waals surface area (Å²) in [4.78, 5) is 14.7. The van der Waals surface area contributed by atoms with Crippen LogP contribution in [0.4, 0.5) is 0 Å². The zero-order valence-electron chi connectivity index (χ0n) is 15.5. The molecule has 27 heavy (non-hydrogen) atoms. The van der Waals surface area contributed by atoms with E-state index in [1.165, 1.54) is 0 Å². The van der Waals surface area contributed by atoms with Crippen LogP contribution in [0.1, 0.15) is 5.56 Å². The van der Waals surface area contributed by atoms with Gasteiger partial charge in [-0.25, -0.2) is 0 Å². The van der Waals surface area contributed by atoms with Crippen LogP contribution in [-0.4, -0.2) is 32.2 Å². The standard InChI is InChI=1S/C22H22N4O/c1-24(14-17-13-23-25(2)15-17)22(27)16-26-20-11-7-6-10-19(20)12-21(26)18-8-4-3-5-9-18/h3-13,15H,14,16H2,1-2H3. The van der Waals surface area contributed by atoms with Crippen LogP contribution < -0.4 is 0 Å². The molecule has 0 saturated carbocycles. The number of para-hydroxylation sites is 1. The quantitative estimate of drug-likeness (QED) is 0.546. The fraction of sp³-hybridized carbons (Fsp3) is 0.182. The van der Waals surface area contributed by atoms with E-state index >= 15 is 0 Å². The molecule has 5 heteroatoms. The van der Waals surface area contributed by atoms with Crippen LogP contribution >= 0.6 is 0 Å². The Hall–Kier alpha value is -3.34. The Kier molecular flexibility index (Phi) is 4.50. The van der Waals surface area contributed by atoms with Crippen LogP contribution in [0, 0.1) is 0 Å². The van der Waals surface area contributed by atoms with Gasteiger partial charge in [-0.15, -0.1) is 0 Å². The molecule has 4 rings (SSSR count). The first kappa shape index (κ1) is 17.1. The molecule has 1 amide bonds. The van der Waals surface area contributed by atoms with Gasteiger partial charge in [-0.05, 0) is 17.7 Å². The van der Waals surface area contributed by atoms with Gasteiger partial charge in [-0.1, -0.05) is 48.5 Å². The van der Waals surface area contributed by atoms with Gasteiger partial charge >= 0.3 is 0 Å². The lowest BCUT2D eigenvalue weighted by Gasteiger charge is -2.18. The molecule has 0 fully saturated rings. The average molecular weight is 358 g/mol. The molecule has 0 aliphatic carbocycles. The molecular formula is C22H22N4O. The maximum Gasteiger partial charge on any atom is 0.242 e. The summed E-state index contributed by atoms with van der Waals surface area (Å²) in [5, 5.41) is 5.31. The Bertz CT molecular complexity index is 1080. The first-order valence-corrected chi connectivity index (χ1v) is 8.97. The molecule has 0 bridgehead atoms. The van der Waals surface area contributed by atoms with Crippen LogP contribution in [0.2, 0.25) is 0 Å². The normalized spacial score (nSPS) is 11.0. The number of aryl methyl sites for hydroxylation is 1. The number of aromatic nitrogens is 3. The van der Waals surface area contributed by atoms with E-state index in [-0.39, 0.29) is 5.91 Å². The summed E-state index contributed by atoms with van der Waals surface area (Å²) >= 11 is 0. The number of likely N-dealkylation sites (N-methyl/N-ethyl adjacent to an activating group) is 1. The molecule has 0 unspecified atom stereocenters. The first-order chi connectivity index (χ1) is 13.1. The summed E-state index contributed by atoms with van der Waals surface area (Å²) in [5.41, 5.74) is 4.25. The molecule has 5 nitrogen and oxygen atoms in total. The second-order valence-electron chi connectivity index (χ2n) is 6.81. The van der Waals surface area contributed by atoms with E-state index in [4.69, 9.17) is 0 Å². The number of fused-ring (bicyclic) bond motifs is 1. The molecule has 0 radical (unpaired) electrons. The van der Waals surface area contributed by atoms with Crippen molar-refractivity contribution < 1.29 is 4.79 Å². The van der Waals surface area contributed by atoms with Gasteiger partial charge < -0.3 is 9.47 Å². The summed E-state index contributed by atoms with van der Waals surface area (Å²) in [6, 6.07) is 20.5.